The third-order valence-electron chi connectivity index (χ3n) is 10.2. The highest BCUT2D eigenvalue weighted by atomic mass is 127. The third kappa shape index (κ3) is 8.53. The van der Waals surface area contributed by atoms with Gasteiger partial charge in [0.2, 0.25) is 5.91 Å². The minimum Gasteiger partial charge on any atom is -0.399 e. The number of carbonyl (C=O) groups excluding carboxylic acids is 1. The van der Waals surface area contributed by atoms with Gasteiger partial charge in [-0.1, -0.05) is 29.3 Å². The largest absolute Gasteiger partial charge is 0.399 e. The molecule has 18 heteroatoms. The van der Waals surface area contributed by atoms with E-state index in [9.17, 15) is 31.7 Å². The van der Waals surface area contributed by atoms with Crippen molar-refractivity contribution in [2.75, 3.05) is 18.4 Å². The minimum absolute atomic E-state index is 0.106. The van der Waals surface area contributed by atoms with E-state index in [4.69, 9.17) is 5.73 Å². The van der Waals surface area contributed by atoms with Crippen molar-refractivity contribution in [3.63, 3.8) is 0 Å². The van der Waals surface area contributed by atoms with Crippen LogP contribution in [0.3, 0.4) is 0 Å². The summed E-state index contributed by atoms with van der Waals surface area (Å²) in [6, 6.07) is 6.80. The van der Waals surface area contributed by atoms with E-state index in [1.165, 1.54) is 41.1 Å². The number of aliphatic imine (C=N–C) groups is 1. The summed E-state index contributed by atoms with van der Waals surface area (Å²) in [6.45, 7) is 3.18. The van der Waals surface area contributed by atoms with E-state index in [0.29, 0.717) is 28.1 Å². The number of hydrogen-bond acceptors (Lipinski definition) is 8. The summed E-state index contributed by atoms with van der Waals surface area (Å²) < 4.78 is 100. The van der Waals surface area contributed by atoms with E-state index < -0.39 is 81.8 Å². The quantitative estimate of drug-likeness (QED) is 0.0503. The number of fused-ring (bicyclic) bond motifs is 2. The number of nitroso groups, excluding NO2 is 1. The summed E-state index contributed by atoms with van der Waals surface area (Å²) in [5, 5.41) is 16.7. The van der Waals surface area contributed by atoms with Crippen LogP contribution in [0.1, 0.15) is 38.3 Å². The summed E-state index contributed by atoms with van der Waals surface area (Å²) >= 11 is 1.37. The van der Waals surface area contributed by atoms with Crippen molar-refractivity contribution in [3.8, 4) is 11.8 Å². The maximum absolute atomic E-state index is 15.4. The molecule has 2 saturated carbocycles. The fourth-order valence-corrected chi connectivity index (χ4v) is 7.74. The van der Waals surface area contributed by atoms with Crippen LogP contribution in [-0.4, -0.2) is 68.1 Å². The zero-order chi connectivity index (χ0) is 41.6. The molecule has 5 N–H and O–H groups in total. The topological polar surface area (TPSA) is 139 Å². The van der Waals surface area contributed by atoms with Gasteiger partial charge in [0, 0.05) is 35.6 Å². The van der Waals surface area contributed by atoms with Crippen molar-refractivity contribution in [2.45, 2.75) is 67.3 Å². The Labute approximate surface area is 336 Å². The fourth-order valence-electron chi connectivity index (χ4n) is 7.41. The smallest absolute Gasteiger partial charge is 0.292 e. The Balaban J connectivity index is 1.47. The van der Waals surface area contributed by atoms with Crippen molar-refractivity contribution in [1.29, 1.82) is 0 Å². The average molecular weight is 911 g/mol. The zero-order valence-corrected chi connectivity index (χ0v) is 33.2. The van der Waals surface area contributed by atoms with Gasteiger partial charge in [-0.25, -0.2) is 22.0 Å². The van der Waals surface area contributed by atoms with Crippen LogP contribution in [-0.2, 0) is 18.3 Å². The normalized spacial score (nSPS) is 23.8. The maximum atomic E-state index is 15.4. The SMILES string of the molecule is Cn1nc(NCC(F)F)c2cccc(C3=CC=C(C#CC(C)(C)N=O)NC3(C)[C@H](Cc3cc(F)cc(F)c3)NC(=O)CN=C3C(=C(N)C(F)I)[C@H]4C[C@H]4C3(F)F)c21. The van der Waals surface area contributed by atoms with Crippen molar-refractivity contribution in [2.24, 2.45) is 34.8 Å². The first-order valence-corrected chi connectivity index (χ1v) is 19.0. The number of dihydropyridines is 1. The first-order chi connectivity index (χ1) is 26.7. The molecule has 2 aromatic carbocycles. The zero-order valence-electron chi connectivity index (χ0n) is 31.0. The van der Waals surface area contributed by atoms with Crippen LogP contribution in [0.5, 0.6) is 0 Å². The number of carbonyl (C=O) groups is 1. The second kappa shape index (κ2) is 15.8. The molecule has 2 fully saturated rings. The van der Waals surface area contributed by atoms with Gasteiger partial charge in [0.1, 0.15) is 23.9 Å². The summed E-state index contributed by atoms with van der Waals surface area (Å²) in [5.74, 6) is -2.04. The number of benzene rings is 2. The Kier molecular flexibility index (Phi) is 11.5. The van der Waals surface area contributed by atoms with Crippen LogP contribution >= 0.6 is 22.6 Å². The Morgan fingerprint density at radius 3 is 2.53 bits per heavy atom. The van der Waals surface area contributed by atoms with Crippen molar-refractivity contribution < 1.29 is 35.5 Å². The molecule has 302 valence electrons. The van der Waals surface area contributed by atoms with Crippen molar-refractivity contribution >= 4 is 56.5 Å². The van der Waals surface area contributed by atoms with Gasteiger partial charge in [0.25, 0.3) is 12.3 Å². The lowest BCUT2D eigenvalue weighted by atomic mass is 9.75. The first-order valence-electron chi connectivity index (χ1n) is 17.8. The minimum atomic E-state index is -3.45. The highest BCUT2D eigenvalue weighted by molar-refractivity contribution is 14.1. The molecule has 2 heterocycles. The number of aryl methyl sites for hydroxylation is 1. The molecule has 0 bridgehead atoms. The van der Waals surface area contributed by atoms with Gasteiger partial charge in [-0.15, -0.1) is 4.91 Å². The molecule has 57 heavy (non-hydrogen) atoms. The number of halogens is 8. The van der Waals surface area contributed by atoms with Crippen LogP contribution in [0.2, 0.25) is 0 Å². The number of anilines is 1. The number of allylic oxidation sites excluding steroid dienone is 5. The van der Waals surface area contributed by atoms with Gasteiger partial charge in [-0.3, -0.25) is 14.5 Å². The number of nitrogens with two attached hydrogens (primary N) is 1. The fraction of sp³-hybridized carbons (Fsp3) is 0.410. The molecule has 1 amide bonds. The first kappa shape index (κ1) is 41.7. The second-order valence-corrected chi connectivity index (χ2v) is 15.9. The highest BCUT2D eigenvalue weighted by Gasteiger charge is 2.67. The number of amides is 1. The Morgan fingerprint density at radius 1 is 1.18 bits per heavy atom. The van der Waals surface area contributed by atoms with Gasteiger partial charge in [-0.05, 0) is 103 Å². The van der Waals surface area contributed by atoms with Gasteiger partial charge >= 0.3 is 0 Å². The van der Waals surface area contributed by atoms with Crippen LogP contribution in [0, 0.1) is 40.2 Å². The maximum Gasteiger partial charge on any atom is 0.292 e. The lowest BCUT2D eigenvalue weighted by Crippen LogP contribution is -2.61. The van der Waals surface area contributed by atoms with Crippen LogP contribution in [0.25, 0.3) is 16.5 Å². The lowest BCUT2D eigenvalue weighted by molar-refractivity contribution is -0.120. The number of nitrogens with one attached hydrogen (secondary N) is 3. The third-order valence-corrected chi connectivity index (χ3v) is 10.9. The molecule has 0 radical (unpaired) electrons. The number of alkyl halides is 6. The number of rotatable bonds is 12. The van der Waals surface area contributed by atoms with Crippen molar-refractivity contribution in [1.82, 2.24) is 20.4 Å². The van der Waals surface area contributed by atoms with Gasteiger partial charge in [0.15, 0.2) is 15.5 Å². The molecule has 5 atom stereocenters. The predicted molar refractivity (Wildman–Crippen MR) is 211 cm³/mol. The summed E-state index contributed by atoms with van der Waals surface area (Å²) in [6.07, 6.45) is 0.500. The molecule has 3 aromatic rings. The monoisotopic (exact) mass is 910 g/mol. The molecule has 0 spiro atoms. The van der Waals surface area contributed by atoms with Crippen LogP contribution in [0.4, 0.5) is 36.6 Å². The summed E-state index contributed by atoms with van der Waals surface area (Å²) in [7, 11) is 1.62. The molecule has 2 unspecified atom stereocenters. The summed E-state index contributed by atoms with van der Waals surface area (Å²) in [4.78, 5) is 29.3. The number of aromatic nitrogens is 2. The van der Waals surface area contributed by atoms with E-state index in [-0.39, 0.29) is 41.2 Å². The molecule has 2 aliphatic carbocycles. The van der Waals surface area contributed by atoms with E-state index >= 15 is 8.78 Å². The highest BCUT2D eigenvalue weighted by Crippen LogP contribution is 2.62. The standard InChI is InChI=1S/C39H38F7IN8O2/c1-37(2,54-57)11-10-22-8-9-26(23-6-5-7-24-33(23)55(4)53-36(24)50-17-29(42)43)38(3,52-22)28(14-19-12-20(40)15-21(41)13-19)51-30(56)18-49-34-31(32(48)35(44)47)25-16-27(25)39(34,45)46/h5-9,12-13,15,25,27-29,35,52H,14,16-18,48H2,1-4H3,(H,50,53)(H,51,56)/t25-,27+,28-,35?,38?/m0/s1. The lowest BCUT2D eigenvalue weighted by Gasteiger charge is -2.43. The van der Waals surface area contributed by atoms with Crippen LogP contribution in [0.15, 0.2) is 75.7 Å². The Morgan fingerprint density at radius 2 is 1.88 bits per heavy atom. The Bertz CT molecular complexity index is 2290. The molecule has 1 aliphatic heterocycles. The molecule has 10 nitrogen and oxygen atoms in total. The number of nitrogens with zero attached hydrogens (tertiary/aromatic N) is 4. The van der Waals surface area contributed by atoms with E-state index in [1.807, 2.05) is 0 Å². The van der Waals surface area contributed by atoms with Gasteiger partial charge < -0.3 is 21.7 Å². The Hall–Kier alpha value is -4.93. The van der Waals surface area contributed by atoms with Crippen molar-refractivity contribution in [3.05, 3.63) is 93.2 Å². The van der Waals surface area contributed by atoms with Gasteiger partial charge in [-0.2, -0.15) is 13.9 Å². The average Bonchev–Trinajstić information content (AvgIpc) is 3.82. The summed E-state index contributed by atoms with van der Waals surface area (Å²) in [5.41, 5.74) is 3.77. The van der Waals surface area contributed by atoms with E-state index in [1.54, 1.807) is 44.3 Å². The molecule has 6 rings (SSSR count). The van der Waals surface area contributed by atoms with Gasteiger partial charge in [0.05, 0.1) is 35.0 Å². The van der Waals surface area contributed by atoms with Crippen LogP contribution < -0.4 is 21.7 Å². The van der Waals surface area contributed by atoms with E-state index in [2.05, 4.69) is 43.1 Å². The number of hydrogen-bond donors (Lipinski definition) is 4. The second-order valence-electron chi connectivity index (χ2n) is 14.8. The molecular weight excluding hydrogens is 872 g/mol. The molecular formula is C39H38F7IN8O2. The van der Waals surface area contributed by atoms with E-state index in [0.717, 1.165) is 12.1 Å². The number of para-hydroxylation sites is 1. The molecule has 3 aliphatic rings. The predicted octanol–water partition coefficient (Wildman–Crippen LogP) is 7.10. The molecule has 0 saturated heterocycles. The molecule has 1 aromatic heterocycles.